The molecule has 142 valence electrons. The lowest BCUT2D eigenvalue weighted by atomic mass is 10.1. The number of rotatable bonds is 3. The lowest BCUT2D eigenvalue weighted by Gasteiger charge is -2.34. The van der Waals surface area contributed by atoms with Gasteiger partial charge in [0.25, 0.3) is 0 Å². The van der Waals surface area contributed by atoms with Crippen molar-refractivity contribution in [3.8, 4) is 11.4 Å². The summed E-state index contributed by atoms with van der Waals surface area (Å²) >= 11 is 0. The predicted octanol–water partition coefficient (Wildman–Crippen LogP) is 2.76. The van der Waals surface area contributed by atoms with Crippen LogP contribution in [0.25, 0.3) is 22.3 Å². The number of carboxylic acid groups (broad SMARTS) is 1. The zero-order valence-electron chi connectivity index (χ0n) is 15.3. The van der Waals surface area contributed by atoms with Crippen LogP contribution in [0.1, 0.15) is 24.3 Å². The molecule has 3 aromatic heterocycles. The van der Waals surface area contributed by atoms with Crippen LogP contribution in [0.15, 0.2) is 36.9 Å². The average molecular weight is 376 g/mol. The molecule has 28 heavy (non-hydrogen) atoms. The van der Waals surface area contributed by atoms with Gasteiger partial charge >= 0.3 is 6.09 Å². The summed E-state index contributed by atoms with van der Waals surface area (Å²) in [6.45, 7) is 2.13. The SMILES string of the molecule is O=C(O)N1CCN(c2nc(-c3ccncc3C3CC3)nc3cnccc23)CC1. The summed E-state index contributed by atoms with van der Waals surface area (Å²) < 4.78 is 0. The molecule has 1 aliphatic carbocycles. The molecule has 1 saturated heterocycles. The maximum Gasteiger partial charge on any atom is 0.407 e. The minimum atomic E-state index is -0.872. The Bertz CT molecular complexity index is 1040. The van der Waals surface area contributed by atoms with Crippen LogP contribution < -0.4 is 4.90 Å². The first kappa shape index (κ1) is 16.9. The quantitative estimate of drug-likeness (QED) is 0.751. The summed E-state index contributed by atoms with van der Waals surface area (Å²) in [7, 11) is 0. The maximum atomic E-state index is 11.2. The fourth-order valence-corrected chi connectivity index (χ4v) is 3.76. The third-order valence-electron chi connectivity index (χ3n) is 5.44. The third-order valence-corrected chi connectivity index (χ3v) is 5.44. The van der Waals surface area contributed by atoms with E-state index in [0.717, 1.165) is 22.3 Å². The van der Waals surface area contributed by atoms with Gasteiger partial charge in [-0.05, 0) is 36.5 Å². The summed E-state index contributed by atoms with van der Waals surface area (Å²) in [6, 6.07) is 3.91. The molecule has 0 aromatic carbocycles. The van der Waals surface area contributed by atoms with Gasteiger partial charge in [0.15, 0.2) is 5.82 Å². The Kier molecular flexibility index (Phi) is 4.03. The molecule has 1 amide bonds. The van der Waals surface area contributed by atoms with Crippen molar-refractivity contribution in [1.29, 1.82) is 0 Å². The van der Waals surface area contributed by atoms with Crippen molar-refractivity contribution in [2.75, 3.05) is 31.1 Å². The molecule has 2 aliphatic rings. The van der Waals surface area contributed by atoms with Crippen LogP contribution in [-0.4, -0.2) is 62.2 Å². The van der Waals surface area contributed by atoms with Gasteiger partial charge in [0.1, 0.15) is 5.82 Å². The highest BCUT2D eigenvalue weighted by Gasteiger charge is 2.28. The number of hydrogen-bond acceptors (Lipinski definition) is 6. The van der Waals surface area contributed by atoms with Crippen molar-refractivity contribution in [2.24, 2.45) is 0 Å². The third kappa shape index (κ3) is 3.00. The molecule has 1 saturated carbocycles. The lowest BCUT2D eigenvalue weighted by Crippen LogP contribution is -2.48. The topological polar surface area (TPSA) is 95.3 Å². The lowest BCUT2D eigenvalue weighted by molar-refractivity contribution is 0.142. The second-order valence-corrected chi connectivity index (χ2v) is 7.26. The molecular weight excluding hydrogens is 356 g/mol. The first-order valence-corrected chi connectivity index (χ1v) is 9.49. The zero-order chi connectivity index (χ0) is 19.1. The molecule has 1 N–H and O–H groups in total. The van der Waals surface area contributed by atoms with Crippen LogP contribution in [-0.2, 0) is 0 Å². The molecule has 0 unspecified atom stereocenters. The van der Waals surface area contributed by atoms with Crippen molar-refractivity contribution in [3.63, 3.8) is 0 Å². The summed E-state index contributed by atoms with van der Waals surface area (Å²) in [4.78, 5) is 33.0. The second-order valence-electron chi connectivity index (χ2n) is 7.26. The molecule has 0 atom stereocenters. The molecule has 3 aromatic rings. The molecule has 8 nitrogen and oxygen atoms in total. The first-order chi connectivity index (χ1) is 13.7. The van der Waals surface area contributed by atoms with E-state index in [-0.39, 0.29) is 0 Å². The highest BCUT2D eigenvalue weighted by Crippen LogP contribution is 2.43. The second kappa shape index (κ2) is 6.70. The molecular formula is C20H20N6O2. The van der Waals surface area contributed by atoms with Gasteiger partial charge in [-0.25, -0.2) is 14.8 Å². The van der Waals surface area contributed by atoms with E-state index < -0.39 is 6.09 Å². The number of pyridine rings is 2. The van der Waals surface area contributed by atoms with E-state index in [1.807, 2.05) is 18.3 Å². The Labute approximate surface area is 161 Å². The Hall–Kier alpha value is -3.29. The Balaban J connectivity index is 1.59. The van der Waals surface area contributed by atoms with Gasteiger partial charge in [-0.3, -0.25) is 9.97 Å². The number of piperazine rings is 1. The van der Waals surface area contributed by atoms with E-state index in [0.29, 0.717) is 37.9 Å². The number of nitrogens with zero attached hydrogens (tertiary/aromatic N) is 6. The Morgan fingerprint density at radius 1 is 1.00 bits per heavy atom. The Morgan fingerprint density at radius 2 is 1.75 bits per heavy atom. The largest absolute Gasteiger partial charge is 0.465 e. The van der Waals surface area contributed by atoms with Crippen LogP contribution in [0.4, 0.5) is 10.6 Å². The molecule has 4 heterocycles. The summed E-state index contributed by atoms with van der Waals surface area (Å²) in [5.74, 6) is 2.06. The highest BCUT2D eigenvalue weighted by atomic mass is 16.4. The van der Waals surface area contributed by atoms with Crippen LogP contribution in [0, 0.1) is 0 Å². The van der Waals surface area contributed by atoms with Crippen LogP contribution in [0.5, 0.6) is 0 Å². The minimum absolute atomic E-state index is 0.462. The smallest absolute Gasteiger partial charge is 0.407 e. The van der Waals surface area contributed by atoms with Crippen molar-refractivity contribution in [2.45, 2.75) is 18.8 Å². The maximum absolute atomic E-state index is 11.2. The van der Waals surface area contributed by atoms with Gasteiger partial charge in [-0.2, -0.15) is 0 Å². The summed E-state index contributed by atoms with van der Waals surface area (Å²) in [6.07, 6.45) is 8.69. The van der Waals surface area contributed by atoms with E-state index in [1.54, 1.807) is 18.6 Å². The predicted molar refractivity (Wildman–Crippen MR) is 104 cm³/mol. The van der Waals surface area contributed by atoms with Crippen molar-refractivity contribution in [3.05, 3.63) is 42.5 Å². The summed E-state index contributed by atoms with van der Waals surface area (Å²) in [5, 5.41) is 10.2. The standard InChI is InChI=1S/C20H20N6O2/c27-20(28)26-9-7-25(8-10-26)19-15-4-6-22-12-17(15)23-18(24-19)14-3-5-21-11-16(14)13-1-2-13/h3-6,11-13H,1-2,7-10H2,(H,27,28). The van der Waals surface area contributed by atoms with Gasteiger partial charge < -0.3 is 14.9 Å². The Morgan fingerprint density at radius 3 is 2.50 bits per heavy atom. The molecule has 8 heteroatoms. The van der Waals surface area contributed by atoms with Crippen LogP contribution in [0.2, 0.25) is 0 Å². The van der Waals surface area contributed by atoms with Crippen LogP contribution >= 0.6 is 0 Å². The fourth-order valence-electron chi connectivity index (χ4n) is 3.76. The van der Waals surface area contributed by atoms with Crippen molar-refractivity contribution in [1.82, 2.24) is 24.8 Å². The van der Waals surface area contributed by atoms with E-state index >= 15 is 0 Å². The zero-order valence-corrected chi connectivity index (χ0v) is 15.3. The number of anilines is 1. The summed E-state index contributed by atoms with van der Waals surface area (Å²) in [5.41, 5.74) is 3.02. The molecule has 0 spiro atoms. The van der Waals surface area contributed by atoms with Crippen molar-refractivity contribution < 1.29 is 9.90 Å². The average Bonchev–Trinajstić information content (AvgIpc) is 3.58. The van der Waals surface area contributed by atoms with Gasteiger partial charge in [-0.1, -0.05) is 0 Å². The van der Waals surface area contributed by atoms with Crippen molar-refractivity contribution >= 4 is 22.8 Å². The monoisotopic (exact) mass is 376 g/mol. The van der Waals surface area contributed by atoms with E-state index in [2.05, 4.69) is 14.9 Å². The van der Waals surface area contributed by atoms with E-state index in [9.17, 15) is 9.90 Å². The fraction of sp³-hybridized carbons (Fsp3) is 0.350. The number of fused-ring (bicyclic) bond motifs is 1. The number of hydrogen-bond donors (Lipinski definition) is 1. The number of amides is 1. The van der Waals surface area contributed by atoms with Gasteiger partial charge in [0.2, 0.25) is 0 Å². The first-order valence-electron chi connectivity index (χ1n) is 9.49. The molecule has 0 radical (unpaired) electrons. The number of carbonyl (C=O) groups is 1. The number of aromatic nitrogens is 4. The van der Waals surface area contributed by atoms with Gasteiger partial charge in [-0.15, -0.1) is 0 Å². The molecule has 5 rings (SSSR count). The molecule has 1 aliphatic heterocycles. The highest BCUT2D eigenvalue weighted by molar-refractivity contribution is 5.90. The van der Waals surface area contributed by atoms with E-state index in [1.165, 1.54) is 23.3 Å². The molecule has 2 fully saturated rings. The van der Waals surface area contributed by atoms with E-state index in [4.69, 9.17) is 9.97 Å². The van der Waals surface area contributed by atoms with Crippen LogP contribution in [0.3, 0.4) is 0 Å². The molecule has 0 bridgehead atoms. The minimum Gasteiger partial charge on any atom is -0.465 e. The van der Waals surface area contributed by atoms with Gasteiger partial charge in [0.05, 0.1) is 11.7 Å². The normalized spacial score (nSPS) is 17.1. The van der Waals surface area contributed by atoms with Gasteiger partial charge in [0, 0.05) is 55.7 Å².